The fourth-order valence-corrected chi connectivity index (χ4v) is 3.62. The van der Waals surface area contributed by atoms with Gasteiger partial charge in [-0.25, -0.2) is 4.79 Å². The van der Waals surface area contributed by atoms with Crippen LogP contribution in [0.4, 0.5) is 0 Å². The van der Waals surface area contributed by atoms with Crippen molar-refractivity contribution in [2.75, 3.05) is 13.1 Å². The van der Waals surface area contributed by atoms with E-state index in [9.17, 15) is 9.59 Å². The molecule has 1 aromatic heterocycles. The molecule has 0 spiro atoms. The number of hydrogen-bond donors (Lipinski definition) is 0. The number of nitrogens with zero attached hydrogens (tertiary/aromatic N) is 1. The Morgan fingerprint density at radius 3 is 2.59 bits per heavy atom. The highest BCUT2D eigenvalue weighted by Gasteiger charge is 2.28. The first-order chi connectivity index (χ1) is 10.4. The van der Waals surface area contributed by atoms with Gasteiger partial charge in [0.1, 0.15) is 11.1 Å². The molecule has 1 aliphatic rings. The number of carbonyl (C=O) groups excluding carboxylic acids is 1. The molecule has 1 saturated heterocycles. The Morgan fingerprint density at radius 2 is 1.91 bits per heavy atom. The number of amides is 1. The summed E-state index contributed by atoms with van der Waals surface area (Å²) in [5.41, 5.74) is 0.0442. The molecule has 0 unspecified atom stereocenters. The van der Waals surface area contributed by atoms with Crippen LogP contribution in [0.15, 0.2) is 37.9 Å². The average molecular weight is 364 g/mol. The van der Waals surface area contributed by atoms with E-state index in [1.54, 1.807) is 23.1 Å². The molecule has 1 fully saturated rings. The maximum absolute atomic E-state index is 12.7. The van der Waals surface area contributed by atoms with Crippen LogP contribution in [0.3, 0.4) is 0 Å². The quantitative estimate of drug-likeness (QED) is 0.726. The molecule has 5 heteroatoms. The summed E-state index contributed by atoms with van der Waals surface area (Å²) in [6, 6.07) is 7.01. The van der Waals surface area contributed by atoms with Crippen molar-refractivity contribution in [3.05, 3.63) is 44.7 Å². The van der Waals surface area contributed by atoms with Gasteiger partial charge in [0.05, 0.1) is 0 Å². The summed E-state index contributed by atoms with van der Waals surface area (Å²) in [7, 11) is 0. The van der Waals surface area contributed by atoms with Gasteiger partial charge in [-0.15, -0.1) is 0 Å². The Morgan fingerprint density at radius 1 is 1.23 bits per heavy atom. The van der Waals surface area contributed by atoms with Crippen LogP contribution in [-0.4, -0.2) is 23.9 Å². The molecule has 2 atom stereocenters. The molecule has 2 heterocycles. The molecule has 0 saturated carbocycles. The van der Waals surface area contributed by atoms with Gasteiger partial charge in [-0.2, -0.15) is 0 Å². The zero-order valence-electron chi connectivity index (χ0n) is 12.6. The molecule has 0 aliphatic carbocycles. The van der Waals surface area contributed by atoms with Crippen LogP contribution in [0.25, 0.3) is 11.0 Å². The van der Waals surface area contributed by atoms with Crippen LogP contribution < -0.4 is 5.63 Å². The van der Waals surface area contributed by atoms with Crippen molar-refractivity contribution >= 4 is 32.8 Å². The predicted octanol–water partition coefficient (Wildman–Crippen LogP) is 3.67. The van der Waals surface area contributed by atoms with Crippen molar-refractivity contribution in [1.29, 1.82) is 0 Å². The maximum atomic E-state index is 12.7. The molecule has 1 aromatic carbocycles. The van der Waals surface area contributed by atoms with Crippen molar-refractivity contribution in [3.8, 4) is 0 Å². The molecule has 1 aliphatic heterocycles. The molecule has 4 nitrogen and oxygen atoms in total. The fraction of sp³-hybridized carbons (Fsp3) is 0.412. The topological polar surface area (TPSA) is 50.5 Å². The van der Waals surface area contributed by atoms with E-state index in [1.807, 2.05) is 6.07 Å². The van der Waals surface area contributed by atoms with Gasteiger partial charge in [0.25, 0.3) is 5.91 Å². The number of benzene rings is 1. The highest BCUT2D eigenvalue weighted by atomic mass is 79.9. The van der Waals surface area contributed by atoms with Crippen molar-refractivity contribution in [1.82, 2.24) is 4.90 Å². The zero-order valence-corrected chi connectivity index (χ0v) is 14.2. The van der Waals surface area contributed by atoms with Gasteiger partial charge < -0.3 is 9.32 Å². The minimum absolute atomic E-state index is 0.118. The first-order valence-corrected chi connectivity index (χ1v) is 8.26. The van der Waals surface area contributed by atoms with Gasteiger partial charge in [0, 0.05) is 22.9 Å². The van der Waals surface area contributed by atoms with Crippen molar-refractivity contribution < 1.29 is 9.21 Å². The second-order valence-electron chi connectivity index (χ2n) is 6.29. The van der Waals surface area contributed by atoms with Crippen LogP contribution in [0.5, 0.6) is 0 Å². The van der Waals surface area contributed by atoms with E-state index < -0.39 is 5.63 Å². The van der Waals surface area contributed by atoms with E-state index in [2.05, 4.69) is 29.8 Å². The molecule has 0 bridgehead atoms. The van der Waals surface area contributed by atoms with Gasteiger partial charge in [0.2, 0.25) is 0 Å². The Kier molecular flexibility index (Phi) is 4.08. The summed E-state index contributed by atoms with van der Waals surface area (Å²) in [4.78, 5) is 26.6. The number of likely N-dealkylation sites (tertiary alicyclic amines) is 1. The lowest BCUT2D eigenvalue weighted by Gasteiger charge is -2.34. The summed E-state index contributed by atoms with van der Waals surface area (Å²) in [6.45, 7) is 5.66. The molecule has 1 amide bonds. The largest absolute Gasteiger partial charge is 0.422 e. The Bertz CT molecular complexity index is 773. The number of carbonyl (C=O) groups is 1. The minimum atomic E-state index is -0.564. The van der Waals surface area contributed by atoms with Crippen molar-refractivity contribution in [2.45, 2.75) is 20.3 Å². The van der Waals surface area contributed by atoms with Crippen LogP contribution in [-0.2, 0) is 0 Å². The monoisotopic (exact) mass is 363 g/mol. The van der Waals surface area contributed by atoms with Crippen LogP contribution in [0.1, 0.15) is 30.6 Å². The summed E-state index contributed by atoms with van der Waals surface area (Å²) < 4.78 is 6.17. The highest BCUT2D eigenvalue weighted by Crippen LogP contribution is 2.23. The molecular weight excluding hydrogens is 346 g/mol. The standard InChI is InChI=1S/C17H18BrNO3/c1-10-5-11(2)9-19(8-10)16(20)14-7-12-6-13(18)3-4-15(12)22-17(14)21/h3-4,6-7,10-11H,5,8-9H2,1-2H3/t10-,11-/m1/s1. The highest BCUT2D eigenvalue weighted by molar-refractivity contribution is 9.10. The van der Waals surface area contributed by atoms with E-state index in [1.165, 1.54) is 0 Å². The lowest BCUT2D eigenvalue weighted by Crippen LogP contribution is -2.43. The van der Waals surface area contributed by atoms with Gasteiger partial charge in [-0.1, -0.05) is 29.8 Å². The molecule has 2 aromatic rings. The number of rotatable bonds is 1. The SMILES string of the molecule is C[C@@H]1C[C@@H](C)CN(C(=O)c2cc3cc(Br)ccc3oc2=O)C1. The van der Waals surface area contributed by atoms with Crippen LogP contribution in [0, 0.1) is 11.8 Å². The van der Waals surface area contributed by atoms with Crippen molar-refractivity contribution in [2.24, 2.45) is 11.8 Å². The van der Waals surface area contributed by atoms with E-state index >= 15 is 0 Å². The van der Waals surface area contributed by atoms with Gasteiger partial charge in [0.15, 0.2) is 0 Å². The molecule has 0 N–H and O–H groups in total. The average Bonchev–Trinajstić information content (AvgIpc) is 2.45. The summed E-state index contributed by atoms with van der Waals surface area (Å²) in [5.74, 6) is 0.678. The van der Waals surface area contributed by atoms with E-state index in [0.29, 0.717) is 30.5 Å². The third-order valence-electron chi connectivity index (χ3n) is 4.08. The normalized spacial score (nSPS) is 22.0. The minimum Gasteiger partial charge on any atom is -0.422 e. The van der Waals surface area contributed by atoms with Gasteiger partial charge in [-0.05, 0) is 42.5 Å². The maximum Gasteiger partial charge on any atom is 0.349 e. The fourth-order valence-electron chi connectivity index (χ4n) is 3.24. The van der Waals surface area contributed by atoms with E-state index in [-0.39, 0.29) is 11.5 Å². The Balaban J connectivity index is 2.00. The molecule has 3 rings (SSSR count). The molecule has 22 heavy (non-hydrogen) atoms. The summed E-state index contributed by atoms with van der Waals surface area (Å²) in [6.07, 6.45) is 1.11. The molecular formula is C17H18BrNO3. The second-order valence-corrected chi connectivity index (χ2v) is 7.20. The zero-order chi connectivity index (χ0) is 15.9. The Labute approximate surface area is 137 Å². The van der Waals surface area contributed by atoms with E-state index in [0.717, 1.165) is 16.3 Å². The molecule has 116 valence electrons. The third-order valence-corrected chi connectivity index (χ3v) is 4.57. The second kappa shape index (κ2) is 5.88. The number of fused-ring (bicyclic) bond motifs is 1. The van der Waals surface area contributed by atoms with Crippen LogP contribution >= 0.6 is 15.9 Å². The first kappa shape index (κ1) is 15.3. The lowest BCUT2D eigenvalue weighted by molar-refractivity contribution is 0.0619. The molecule has 0 radical (unpaired) electrons. The number of hydrogen-bond acceptors (Lipinski definition) is 3. The lowest BCUT2D eigenvalue weighted by atomic mass is 9.91. The Hall–Kier alpha value is -1.62. The first-order valence-electron chi connectivity index (χ1n) is 7.46. The summed E-state index contributed by atoms with van der Waals surface area (Å²) in [5, 5.41) is 0.746. The summed E-state index contributed by atoms with van der Waals surface area (Å²) >= 11 is 3.39. The van der Waals surface area contributed by atoms with Gasteiger partial charge in [-0.3, -0.25) is 4.79 Å². The third kappa shape index (κ3) is 2.95. The van der Waals surface area contributed by atoms with Crippen LogP contribution in [0.2, 0.25) is 0 Å². The van der Waals surface area contributed by atoms with Crippen molar-refractivity contribution in [3.63, 3.8) is 0 Å². The van der Waals surface area contributed by atoms with Gasteiger partial charge >= 0.3 is 5.63 Å². The van der Waals surface area contributed by atoms with E-state index in [4.69, 9.17) is 4.42 Å². The smallest absolute Gasteiger partial charge is 0.349 e. The number of piperidine rings is 1. The predicted molar refractivity (Wildman–Crippen MR) is 89.0 cm³/mol. The number of halogens is 1.